The topological polar surface area (TPSA) is 38.0 Å². The minimum atomic E-state index is -0.114. The summed E-state index contributed by atoms with van der Waals surface area (Å²) in [4.78, 5) is 0. The van der Waals surface area contributed by atoms with Crippen molar-refractivity contribution in [1.82, 2.24) is 9.78 Å². The summed E-state index contributed by atoms with van der Waals surface area (Å²) in [6, 6.07) is 0. The first-order chi connectivity index (χ1) is 7.22. The van der Waals surface area contributed by atoms with E-state index < -0.39 is 0 Å². The Morgan fingerprint density at radius 1 is 1.67 bits per heavy atom. The van der Waals surface area contributed by atoms with E-state index in [0.29, 0.717) is 5.92 Å². The van der Waals surface area contributed by atoms with Gasteiger partial charge in [0, 0.05) is 6.54 Å². The van der Waals surface area contributed by atoms with Crippen LogP contribution in [0.5, 0.6) is 0 Å². The molecule has 1 aromatic rings. The number of nitrogens with zero attached hydrogens (tertiary/aromatic N) is 2. The van der Waals surface area contributed by atoms with Crippen LogP contribution < -0.4 is 0 Å². The van der Waals surface area contributed by atoms with E-state index in [-0.39, 0.29) is 6.10 Å². The van der Waals surface area contributed by atoms with Crippen LogP contribution in [-0.4, -0.2) is 21.0 Å². The lowest BCUT2D eigenvalue weighted by molar-refractivity contribution is 0.141. The molecule has 1 N–H and O–H groups in total. The summed E-state index contributed by atoms with van der Waals surface area (Å²) >= 11 is 3.50. The average Bonchev–Trinajstić information content (AvgIpc) is 3.01. The predicted molar refractivity (Wildman–Crippen MR) is 62.7 cm³/mol. The molecule has 4 heteroatoms. The number of hydrogen-bond acceptors (Lipinski definition) is 2. The third-order valence-electron chi connectivity index (χ3n) is 3.04. The monoisotopic (exact) mass is 272 g/mol. The maximum absolute atomic E-state index is 9.80. The van der Waals surface area contributed by atoms with Crippen molar-refractivity contribution in [3.05, 3.63) is 16.4 Å². The number of halogens is 1. The van der Waals surface area contributed by atoms with Gasteiger partial charge in [0.15, 0.2) is 0 Å². The molecule has 1 aliphatic rings. The fraction of sp³-hybridized carbons (Fsp3) is 0.727. The Labute approximate surface area is 98.6 Å². The third-order valence-corrected chi connectivity index (χ3v) is 3.70. The summed E-state index contributed by atoms with van der Waals surface area (Å²) in [5.41, 5.74) is 1.21. The highest BCUT2D eigenvalue weighted by Crippen LogP contribution is 2.34. The predicted octanol–water partition coefficient (Wildman–Crippen LogP) is 2.37. The van der Waals surface area contributed by atoms with Crippen molar-refractivity contribution in [3.63, 3.8) is 0 Å². The molecule has 1 heterocycles. The van der Waals surface area contributed by atoms with Gasteiger partial charge in [-0.2, -0.15) is 5.10 Å². The Kier molecular flexibility index (Phi) is 3.46. The lowest BCUT2D eigenvalue weighted by Gasteiger charge is -2.10. The first-order valence-electron chi connectivity index (χ1n) is 5.60. The first kappa shape index (κ1) is 11.1. The highest BCUT2D eigenvalue weighted by atomic mass is 79.9. The lowest BCUT2D eigenvalue weighted by atomic mass is 10.1. The van der Waals surface area contributed by atoms with Crippen LogP contribution in [-0.2, 0) is 13.0 Å². The van der Waals surface area contributed by atoms with E-state index in [1.165, 1.54) is 18.5 Å². The van der Waals surface area contributed by atoms with E-state index in [9.17, 15) is 5.11 Å². The molecule has 1 atom stereocenters. The molecule has 0 radical (unpaired) electrons. The van der Waals surface area contributed by atoms with Crippen LogP contribution in [0.1, 0.15) is 31.9 Å². The second-order valence-electron chi connectivity index (χ2n) is 4.20. The zero-order valence-corrected chi connectivity index (χ0v) is 10.6. The van der Waals surface area contributed by atoms with Gasteiger partial charge in [-0.1, -0.05) is 0 Å². The Bertz CT molecular complexity index is 333. The van der Waals surface area contributed by atoms with Gasteiger partial charge in [-0.25, -0.2) is 0 Å². The maximum atomic E-state index is 9.80. The Morgan fingerprint density at radius 2 is 2.40 bits per heavy atom. The highest BCUT2D eigenvalue weighted by molar-refractivity contribution is 9.10. The highest BCUT2D eigenvalue weighted by Gasteiger charge is 2.29. The molecule has 1 unspecified atom stereocenters. The molecule has 84 valence electrons. The molecule has 0 spiro atoms. The molecule has 0 aliphatic heterocycles. The Morgan fingerprint density at radius 3 is 3.00 bits per heavy atom. The van der Waals surface area contributed by atoms with E-state index in [1.807, 2.05) is 10.9 Å². The minimum Gasteiger partial charge on any atom is -0.393 e. The summed E-state index contributed by atoms with van der Waals surface area (Å²) in [6.45, 7) is 2.97. The van der Waals surface area contributed by atoms with Crippen molar-refractivity contribution in [3.8, 4) is 0 Å². The molecule has 0 amide bonds. The SMILES string of the molecule is CCn1ncc(Br)c1CCC(O)C1CC1. The summed E-state index contributed by atoms with van der Waals surface area (Å²) in [5.74, 6) is 0.571. The smallest absolute Gasteiger partial charge is 0.0635 e. The van der Waals surface area contributed by atoms with Crippen LogP contribution in [0, 0.1) is 5.92 Å². The quantitative estimate of drug-likeness (QED) is 0.894. The Balaban J connectivity index is 1.93. The fourth-order valence-electron chi connectivity index (χ4n) is 1.91. The standard InChI is InChI=1S/C11H17BrN2O/c1-2-14-10(9(12)7-13-14)5-6-11(15)8-3-4-8/h7-8,11,15H,2-6H2,1H3. The molecule has 1 fully saturated rings. The largest absolute Gasteiger partial charge is 0.393 e. The van der Waals surface area contributed by atoms with Crippen LogP contribution in [0.25, 0.3) is 0 Å². The number of aryl methyl sites for hydroxylation is 1. The summed E-state index contributed by atoms with van der Waals surface area (Å²) in [7, 11) is 0. The van der Waals surface area contributed by atoms with Gasteiger partial charge in [-0.3, -0.25) is 4.68 Å². The van der Waals surface area contributed by atoms with Crippen LogP contribution in [0.3, 0.4) is 0 Å². The minimum absolute atomic E-state index is 0.114. The molecule has 3 nitrogen and oxygen atoms in total. The molecule has 1 saturated carbocycles. The Hall–Kier alpha value is -0.350. The number of hydrogen-bond donors (Lipinski definition) is 1. The van der Waals surface area contributed by atoms with Gasteiger partial charge in [0.25, 0.3) is 0 Å². The maximum Gasteiger partial charge on any atom is 0.0635 e. The van der Waals surface area contributed by atoms with Gasteiger partial charge in [0.05, 0.1) is 22.5 Å². The molecule has 15 heavy (non-hydrogen) atoms. The van der Waals surface area contributed by atoms with Gasteiger partial charge in [0.2, 0.25) is 0 Å². The van der Waals surface area contributed by atoms with Crippen LogP contribution in [0.2, 0.25) is 0 Å². The fourth-order valence-corrected chi connectivity index (χ4v) is 2.40. The number of aliphatic hydroxyl groups is 1. The van der Waals surface area contributed by atoms with Gasteiger partial charge in [-0.05, 0) is 54.5 Å². The van der Waals surface area contributed by atoms with Gasteiger partial charge in [-0.15, -0.1) is 0 Å². The van der Waals surface area contributed by atoms with Crippen molar-refractivity contribution >= 4 is 15.9 Å². The second kappa shape index (κ2) is 4.66. The lowest BCUT2D eigenvalue weighted by Crippen LogP contribution is -2.12. The summed E-state index contributed by atoms with van der Waals surface area (Å²) in [5, 5.41) is 14.1. The van der Waals surface area contributed by atoms with E-state index in [0.717, 1.165) is 23.9 Å². The van der Waals surface area contributed by atoms with Crippen LogP contribution in [0.4, 0.5) is 0 Å². The number of rotatable bonds is 5. The first-order valence-corrected chi connectivity index (χ1v) is 6.40. The van der Waals surface area contributed by atoms with Gasteiger partial charge < -0.3 is 5.11 Å². The molecule has 1 aliphatic carbocycles. The average molecular weight is 273 g/mol. The molecule has 0 aromatic carbocycles. The second-order valence-corrected chi connectivity index (χ2v) is 5.05. The summed E-state index contributed by atoms with van der Waals surface area (Å²) < 4.78 is 3.05. The molecule has 2 rings (SSSR count). The molecule has 1 aromatic heterocycles. The molecular formula is C11H17BrN2O. The zero-order valence-electron chi connectivity index (χ0n) is 8.99. The van der Waals surface area contributed by atoms with E-state index in [1.54, 1.807) is 0 Å². The number of aliphatic hydroxyl groups excluding tert-OH is 1. The molecule has 0 saturated heterocycles. The molecule has 0 bridgehead atoms. The molecular weight excluding hydrogens is 256 g/mol. The van der Waals surface area contributed by atoms with E-state index >= 15 is 0 Å². The van der Waals surface area contributed by atoms with E-state index in [4.69, 9.17) is 0 Å². The van der Waals surface area contributed by atoms with Gasteiger partial charge >= 0.3 is 0 Å². The van der Waals surface area contributed by atoms with Crippen molar-refractivity contribution in [2.75, 3.05) is 0 Å². The van der Waals surface area contributed by atoms with Crippen molar-refractivity contribution in [2.24, 2.45) is 5.92 Å². The van der Waals surface area contributed by atoms with Crippen molar-refractivity contribution in [2.45, 2.75) is 45.3 Å². The van der Waals surface area contributed by atoms with E-state index in [2.05, 4.69) is 28.0 Å². The van der Waals surface area contributed by atoms with Crippen molar-refractivity contribution < 1.29 is 5.11 Å². The van der Waals surface area contributed by atoms with Gasteiger partial charge in [0.1, 0.15) is 0 Å². The third kappa shape index (κ3) is 2.61. The normalized spacial score (nSPS) is 18.1. The van der Waals surface area contributed by atoms with Crippen LogP contribution in [0.15, 0.2) is 10.7 Å². The van der Waals surface area contributed by atoms with Crippen molar-refractivity contribution in [1.29, 1.82) is 0 Å². The summed E-state index contributed by atoms with van der Waals surface area (Å²) in [6.07, 6.45) is 5.89. The van der Waals surface area contributed by atoms with Crippen LogP contribution >= 0.6 is 15.9 Å². The number of aromatic nitrogens is 2. The zero-order chi connectivity index (χ0) is 10.8.